The van der Waals surface area contributed by atoms with Gasteiger partial charge >= 0.3 is 5.97 Å². The van der Waals surface area contributed by atoms with E-state index in [2.05, 4.69) is 5.32 Å². The normalized spacial score (nSPS) is 22.8. The molecule has 1 fully saturated rings. The third-order valence-corrected chi connectivity index (χ3v) is 2.90. The predicted octanol–water partition coefficient (Wildman–Crippen LogP) is 1.96. The van der Waals surface area contributed by atoms with Crippen LogP contribution in [0.15, 0.2) is 24.3 Å². The summed E-state index contributed by atoms with van der Waals surface area (Å²) < 4.78 is 23.5. The quantitative estimate of drug-likeness (QED) is 0.833. The van der Waals surface area contributed by atoms with Gasteiger partial charge in [-0.05, 0) is 25.1 Å². The molecule has 1 N–H and O–H groups in total. The third-order valence-electron chi connectivity index (χ3n) is 2.90. The summed E-state index contributed by atoms with van der Waals surface area (Å²) in [5.41, 5.74) is -0.349. The number of halogens is 1. The van der Waals surface area contributed by atoms with Gasteiger partial charge in [-0.15, -0.1) is 0 Å². The molecule has 0 aliphatic carbocycles. The molecular formula is C13H16FNO3. The van der Waals surface area contributed by atoms with Crippen LogP contribution in [0, 0.1) is 5.82 Å². The first-order valence-electron chi connectivity index (χ1n) is 5.95. The average molecular weight is 253 g/mol. The highest BCUT2D eigenvalue weighted by atomic mass is 19.1. The molecule has 0 saturated carbocycles. The van der Waals surface area contributed by atoms with Crippen molar-refractivity contribution in [2.45, 2.75) is 18.9 Å². The fraction of sp³-hybridized carbons (Fsp3) is 0.462. The number of carbonyl (C=O) groups excluding carboxylic acids is 1. The lowest BCUT2D eigenvalue weighted by Gasteiger charge is -2.27. The second-order valence-corrected chi connectivity index (χ2v) is 4.24. The van der Waals surface area contributed by atoms with E-state index in [1.807, 2.05) is 0 Å². The van der Waals surface area contributed by atoms with Crippen LogP contribution in [0.1, 0.15) is 13.3 Å². The lowest BCUT2D eigenvalue weighted by atomic mass is 9.98. The van der Waals surface area contributed by atoms with E-state index in [1.54, 1.807) is 19.1 Å². The standard InChI is InChI=1S/C13H16FNO3/c1-2-18-12(16)13(6-7-17-9-13)15-11-5-3-4-10(14)8-11/h3-5,8,15H,2,6-7,9H2,1H3. The molecule has 1 heterocycles. The van der Waals surface area contributed by atoms with Crippen LogP contribution in [0.2, 0.25) is 0 Å². The number of ether oxygens (including phenoxy) is 2. The molecule has 1 atom stereocenters. The molecule has 0 spiro atoms. The Labute approximate surface area is 105 Å². The summed E-state index contributed by atoms with van der Waals surface area (Å²) >= 11 is 0. The Bertz CT molecular complexity index is 430. The number of esters is 1. The summed E-state index contributed by atoms with van der Waals surface area (Å²) in [5.74, 6) is -0.704. The first kappa shape index (κ1) is 12.8. The zero-order valence-electron chi connectivity index (χ0n) is 10.2. The molecule has 0 radical (unpaired) electrons. The predicted molar refractivity (Wildman–Crippen MR) is 64.8 cm³/mol. The molecule has 1 aromatic rings. The second kappa shape index (κ2) is 5.35. The molecule has 1 aliphatic rings. The fourth-order valence-electron chi connectivity index (χ4n) is 1.99. The highest BCUT2D eigenvalue weighted by molar-refractivity contribution is 5.85. The maximum Gasteiger partial charge on any atom is 0.334 e. The van der Waals surface area contributed by atoms with Crippen molar-refractivity contribution < 1.29 is 18.7 Å². The van der Waals surface area contributed by atoms with Gasteiger partial charge in [0.15, 0.2) is 5.54 Å². The molecule has 18 heavy (non-hydrogen) atoms. The molecule has 0 amide bonds. The lowest BCUT2D eigenvalue weighted by Crippen LogP contribution is -2.48. The molecule has 1 unspecified atom stereocenters. The Balaban J connectivity index is 2.18. The Hall–Kier alpha value is -1.62. The smallest absolute Gasteiger partial charge is 0.334 e. The topological polar surface area (TPSA) is 47.6 Å². The molecule has 1 aromatic carbocycles. The average Bonchev–Trinajstić information content (AvgIpc) is 2.79. The minimum atomic E-state index is -0.899. The summed E-state index contributed by atoms with van der Waals surface area (Å²) in [6.45, 7) is 2.79. The monoisotopic (exact) mass is 253 g/mol. The van der Waals surface area contributed by atoms with Crippen LogP contribution in [0.25, 0.3) is 0 Å². The van der Waals surface area contributed by atoms with E-state index in [-0.39, 0.29) is 18.4 Å². The Kier molecular flexibility index (Phi) is 3.81. The van der Waals surface area contributed by atoms with Gasteiger partial charge in [0.05, 0.1) is 13.2 Å². The van der Waals surface area contributed by atoms with Crippen molar-refractivity contribution in [3.63, 3.8) is 0 Å². The first-order valence-corrected chi connectivity index (χ1v) is 5.95. The van der Waals surface area contributed by atoms with E-state index in [4.69, 9.17) is 9.47 Å². The number of benzene rings is 1. The van der Waals surface area contributed by atoms with Crippen molar-refractivity contribution in [1.82, 2.24) is 0 Å². The summed E-state index contributed by atoms with van der Waals surface area (Å²) in [4.78, 5) is 12.0. The maximum atomic E-state index is 13.1. The van der Waals surface area contributed by atoms with Gasteiger partial charge < -0.3 is 14.8 Å². The Morgan fingerprint density at radius 3 is 3.06 bits per heavy atom. The van der Waals surface area contributed by atoms with Gasteiger partial charge in [-0.1, -0.05) is 6.07 Å². The zero-order valence-corrected chi connectivity index (χ0v) is 10.2. The molecule has 4 nitrogen and oxygen atoms in total. The number of hydrogen-bond donors (Lipinski definition) is 1. The van der Waals surface area contributed by atoms with Gasteiger partial charge in [0.1, 0.15) is 5.82 Å². The molecule has 1 saturated heterocycles. The minimum Gasteiger partial charge on any atom is -0.464 e. The van der Waals surface area contributed by atoms with E-state index < -0.39 is 5.54 Å². The van der Waals surface area contributed by atoms with Crippen molar-refractivity contribution >= 4 is 11.7 Å². The van der Waals surface area contributed by atoms with Crippen LogP contribution in [0.3, 0.4) is 0 Å². The SMILES string of the molecule is CCOC(=O)C1(Nc2cccc(F)c2)CCOC1. The first-order chi connectivity index (χ1) is 8.66. The summed E-state index contributed by atoms with van der Waals surface area (Å²) in [6.07, 6.45) is 0.516. The molecule has 1 aliphatic heterocycles. The molecule has 2 rings (SSSR count). The van der Waals surface area contributed by atoms with E-state index in [1.165, 1.54) is 12.1 Å². The summed E-state index contributed by atoms with van der Waals surface area (Å²) in [5, 5.41) is 3.04. The Morgan fingerprint density at radius 1 is 1.61 bits per heavy atom. The molecule has 5 heteroatoms. The van der Waals surface area contributed by atoms with Crippen LogP contribution in [-0.2, 0) is 14.3 Å². The Morgan fingerprint density at radius 2 is 2.44 bits per heavy atom. The van der Waals surface area contributed by atoms with Crippen molar-refractivity contribution in [2.75, 3.05) is 25.1 Å². The highest BCUT2D eigenvalue weighted by Gasteiger charge is 2.43. The number of rotatable bonds is 4. The highest BCUT2D eigenvalue weighted by Crippen LogP contribution is 2.26. The van der Waals surface area contributed by atoms with E-state index in [9.17, 15) is 9.18 Å². The van der Waals surface area contributed by atoms with Crippen molar-refractivity contribution in [3.8, 4) is 0 Å². The van der Waals surface area contributed by atoms with Crippen LogP contribution < -0.4 is 5.32 Å². The van der Waals surface area contributed by atoms with Gasteiger partial charge in [-0.3, -0.25) is 0 Å². The van der Waals surface area contributed by atoms with Gasteiger partial charge in [0, 0.05) is 18.7 Å². The third kappa shape index (κ3) is 2.61. The number of anilines is 1. The van der Waals surface area contributed by atoms with Crippen molar-refractivity contribution in [1.29, 1.82) is 0 Å². The minimum absolute atomic E-state index is 0.238. The lowest BCUT2D eigenvalue weighted by molar-refractivity contribution is -0.148. The maximum absolute atomic E-state index is 13.1. The van der Waals surface area contributed by atoms with Gasteiger partial charge in [-0.25, -0.2) is 9.18 Å². The molecular weight excluding hydrogens is 237 g/mol. The van der Waals surface area contributed by atoms with Crippen LogP contribution in [0.5, 0.6) is 0 Å². The van der Waals surface area contributed by atoms with Crippen molar-refractivity contribution in [3.05, 3.63) is 30.1 Å². The number of nitrogens with one attached hydrogen (secondary N) is 1. The van der Waals surface area contributed by atoms with Crippen LogP contribution in [-0.4, -0.2) is 31.3 Å². The molecule has 0 aromatic heterocycles. The largest absolute Gasteiger partial charge is 0.464 e. The number of carbonyl (C=O) groups is 1. The van der Waals surface area contributed by atoms with E-state index in [0.717, 1.165) is 0 Å². The summed E-state index contributed by atoms with van der Waals surface area (Å²) in [6, 6.07) is 6.00. The van der Waals surface area contributed by atoms with Gasteiger partial charge in [0.25, 0.3) is 0 Å². The van der Waals surface area contributed by atoms with Crippen LogP contribution >= 0.6 is 0 Å². The van der Waals surface area contributed by atoms with E-state index >= 15 is 0 Å². The zero-order chi connectivity index (χ0) is 13.0. The fourth-order valence-corrected chi connectivity index (χ4v) is 1.99. The van der Waals surface area contributed by atoms with E-state index in [0.29, 0.717) is 25.3 Å². The summed E-state index contributed by atoms with van der Waals surface area (Å²) in [7, 11) is 0. The number of hydrogen-bond acceptors (Lipinski definition) is 4. The van der Waals surface area contributed by atoms with Crippen molar-refractivity contribution in [2.24, 2.45) is 0 Å². The molecule has 0 bridgehead atoms. The van der Waals surface area contributed by atoms with Crippen LogP contribution in [0.4, 0.5) is 10.1 Å². The molecule has 98 valence electrons. The van der Waals surface area contributed by atoms with Gasteiger partial charge in [0.2, 0.25) is 0 Å². The second-order valence-electron chi connectivity index (χ2n) is 4.24. The van der Waals surface area contributed by atoms with Gasteiger partial charge in [-0.2, -0.15) is 0 Å².